The molecule has 4 N–H and O–H groups in total. The predicted molar refractivity (Wildman–Crippen MR) is 70.2 cm³/mol. The summed E-state index contributed by atoms with van der Waals surface area (Å²) in [6.07, 6.45) is 0.613. The van der Waals surface area contributed by atoms with Crippen molar-refractivity contribution in [1.82, 2.24) is 15.5 Å². The maximum Gasteiger partial charge on any atom is 0.223 e. The summed E-state index contributed by atoms with van der Waals surface area (Å²) in [5.41, 5.74) is 5.36. The van der Waals surface area contributed by atoms with Crippen LogP contribution >= 0.6 is 11.6 Å². The largest absolute Gasteiger partial charge is 0.341 e. The van der Waals surface area contributed by atoms with E-state index >= 15 is 0 Å². The molecular formula is C11H23ClN4O. The molecule has 1 aliphatic rings. The van der Waals surface area contributed by atoms with E-state index in [-0.39, 0.29) is 5.91 Å². The fourth-order valence-electron chi connectivity index (χ4n) is 1.92. The predicted octanol–water partition coefficient (Wildman–Crippen LogP) is -0.788. The van der Waals surface area contributed by atoms with E-state index in [0.717, 1.165) is 39.3 Å². The van der Waals surface area contributed by atoms with E-state index in [4.69, 9.17) is 17.3 Å². The number of rotatable bonds is 9. The Kier molecular flexibility index (Phi) is 7.51. The summed E-state index contributed by atoms with van der Waals surface area (Å²) in [7, 11) is 0. The highest BCUT2D eigenvalue weighted by Gasteiger charge is 2.27. The minimum atomic E-state index is 0.235. The van der Waals surface area contributed by atoms with E-state index in [1.807, 2.05) is 4.90 Å². The van der Waals surface area contributed by atoms with Crippen LogP contribution in [0.1, 0.15) is 6.42 Å². The van der Waals surface area contributed by atoms with Crippen LogP contribution in [-0.4, -0.2) is 62.5 Å². The van der Waals surface area contributed by atoms with Crippen LogP contribution in [0.4, 0.5) is 0 Å². The molecule has 0 bridgehead atoms. The molecule has 0 aliphatic carbocycles. The molecule has 0 radical (unpaired) electrons. The van der Waals surface area contributed by atoms with Gasteiger partial charge in [-0.2, -0.15) is 0 Å². The average Bonchev–Trinajstić information content (AvgIpc) is 2.69. The highest BCUT2D eigenvalue weighted by Crippen LogP contribution is 2.17. The lowest BCUT2D eigenvalue weighted by molar-refractivity contribution is -0.127. The Bertz CT molecular complexity index is 228. The van der Waals surface area contributed by atoms with Crippen molar-refractivity contribution in [3.8, 4) is 0 Å². The summed E-state index contributed by atoms with van der Waals surface area (Å²) in [6.45, 7) is 5.77. The van der Waals surface area contributed by atoms with Crippen molar-refractivity contribution >= 4 is 17.5 Å². The molecule has 1 amide bonds. The van der Waals surface area contributed by atoms with Gasteiger partial charge < -0.3 is 21.3 Å². The lowest BCUT2D eigenvalue weighted by atomic mass is 10.2. The van der Waals surface area contributed by atoms with Crippen LogP contribution in [-0.2, 0) is 4.79 Å². The standard InChI is InChI=1S/C11H23ClN4O/c12-8-10-7-11(17)16(9-10)6-5-15-4-3-14-2-1-13/h10,14-15H,1-9,13H2. The molecule has 0 spiro atoms. The zero-order chi connectivity index (χ0) is 12.5. The second kappa shape index (κ2) is 8.69. The van der Waals surface area contributed by atoms with E-state index in [1.165, 1.54) is 0 Å². The molecule has 1 atom stereocenters. The third-order valence-electron chi connectivity index (χ3n) is 2.87. The van der Waals surface area contributed by atoms with Crippen LogP contribution in [0.15, 0.2) is 0 Å². The van der Waals surface area contributed by atoms with Gasteiger partial charge in [0.25, 0.3) is 0 Å². The smallest absolute Gasteiger partial charge is 0.223 e. The molecule has 0 aromatic rings. The molecule has 17 heavy (non-hydrogen) atoms. The molecule has 1 fully saturated rings. The van der Waals surface area contributed by atoms with Crippen LogP contribution in [0.3, 0.4) is 0 Å². The monoisotopic (exact) mass is 262 g/mol. The van der Waals surface area contributed by atoms with Crippen molar-refractivity contribution < 1.29 is 4.79 Å². The molecule has 1 heterocycles. The number of nitrogens with two attached hydrogens (primary N) is 1. The number of hydrogen-bond acceptors (Lipinski definition) is 4. The Labute approximate surface area is 108 Å². The van der Waals surface area contributed by atoms with E-state index in [2.05, 4.69) is 10.6 Å². The zero-order valence-corrected chi connectivity index (χ0v) is 11.0. The van der Waals surface area contributed by atoms with Crippen molar-refractivity contribution in [3.05, 3.63) is 0 Å². The number of hydrogen-bond donors (Lipinski definition) is 3. The van der Waals surface area contributed by atoms with Gasteiger partial charge in [0.05, 0.1) is 0 Å². The molecule has 5 nitrogen and oxygen atoms in total. The quantitative estimate of drug-likeness (QED) is 0.376. The molecule has 1 rings (SSSR count). The van der Waals surface area contributed by atoms with Crippen LogP contribution in [0, 0.1) is 5.92 Å². The van der Waals surface area contributed by atoms with E-state index in [1.54, 1.807) is 0 Å². The molecule has 0 aromatic heterocycles. The van der Waals surface area contributed by atoms with E-state index < -0.39 is 0 Å². The van der Waals surface area contributed by atoms with Gasteiger partial charge in [0.1, 0.15) is 0 Å². The first-order chi connectivity index (χ1) is 8.27. The molecule has 100 valence electrons. The number of carbonyl (C=O) groups excluding carboxylic acids is 1. The molecule has 0 aromatic carbocycles. The van der Waals surface area contributed by atoms with Gasteiger partial charge in [-0.05, 0) is 5.92 Å². The zero-order valence-electron chi connectivity index (χ0n) is 10.3. The van der Waals surface area contributed by atoms with Gasteiger partial charge in [-0.1, -0.05) is 0 Å². The van der Waals surface area contributed by atoms with E-state index in [9.17, 15) is 4.79 Å². The SMILES string of the molecule is NCCNCCNCCN1CC(CCl)CC1=O. The van der Waals surface area contributed by atoms with Gasteiger partial charge in [0, 0.05) is 58.1 Å². The maximum atomic E-state index is 11.6. The fourth-order valence-corrected chi connectivity index (χ4v) is 2.12. The Balaban J connectivity index is 1.98. The normalized spacial score (nSPS) is 20.2. The van der Waals surface area contributed by atoms with Crippen molar-refractivity contribution in [2.24, 2.45) is 11.7 Å². The fraction of sp³-hybridized carbons (Fsp3) is 0.909. The second-order valence-electron chi connectivity index (χ2n) is 4.35. The first-order valence-corrected chi connectivity index (χ1v) is 6.76. The summed E-state index contributed by atoms with van der Waals surface area (Å²) >= 11 is 5.76. The lowest BCUT2D eigenvalue weighted by Crippen LogP contribution is -2.36. The van der Waals surface area contributed by atoms with Gasteiger partial charge in [0.2, 0.25) is 5.91 Å². The molecule has 1 saturated heterocycles. The third kappa shape index (κ3) is 5.68. The van der Waals surface area contributed by atoms with Gasteiger partial charge in [-0.3, -0.25) is 4.79 Å². The van der Waals surface area contributed by atoms with Gasteiger partial charge in [-0.15, -0.1) is 11.6 Å². The van der Waals surface area contributed by atoms with Crippen molar-refractivity contribution in [3.63, 3.8) is 0 Å². The van der Waals surface area contributed by atoms with Crippen LogP contribution in [0.2, 0.25) is 0 Å². The number of nitrogens with one attached hydrogen (secondary N) is 2. The van der Waals surface area contributed by atoms with E-state index in [0.29, 0.717) is 24.8 Å². The molecule has 1 unspecified atom stereocenters. The first-order valence-electron chi connectivity index (χ1n) is 6.23. The summed E-state index contributed by atoms with van der Waals surface area (Å²) in [4.78, 5) is 13.5. The Hall–Kier alpha value is -0.360. The van der Waals surface area contributed by atoms with Crippen LogP contribution in [0.5, 0.6) is 0 Å². The Morgan fingerprint density at radius 1 is 1.29 bits per heavy atom. The Morgan fingerprint density at radius 2 is 2.00 bits per heavy atom. The number of halogens is 1. The van der Waals surface area contributed by atoms with Crippen molar-refractivity contribution in [2.45, 2.75) is 6.42 Å². The van der Waals surface area contributed by atoms with Gasteiger partial charge >= 0.3 is 0 Å². The minimum Gasteiger partial charge on any atom is -0.341 e. The van der Waals surface area contributed by atoms with Crippen molar-refractivity contribution in [1.29, 1.82) is 0 Å². The molecular weight excluding hydrogens is 240 g/mol. The summed E-state index contributed by atoms with van der Waals surface area (Å²) < 4.78 is 0. The molecule has 1 aliphatic heterocycles. The third-order valence-corrected chi connectivity index (χ3v) is 3.31. The summed E-state index contributed by atoms with van der Waals surface area (Å²) in [5, 5.41) is 6.50. The highest BCUT2D eigenvalue weighted by atomic mass is 35.5. The maximum absolute atomic E-state index is 11.6. The van der Waals surface area contributed by atoms with Crippen LogP contribution < -0.4 is 16.4 Å². The summed E-state index contributed by atoms with van der Waals surface area (Å²) in [6, 6.07) is 0. The topological polar surface area (TPSA) is 70.4 Å². The number of nitrogens with zero attached hydrogens (tertiary/aromatic N) is 1. The average molecular weight is 263 g/mol. The molecule has 0 saturated carbocycles. The second-order valence-corrected chi connectivity index (χ2v) is 4.66. The van der Waals surface area contributed by atoms with Gasteiger partial charge in [-0.25, -0.2) is 0 Å². The molecule has 6 heteroatoms. The summed E-state index contributed by atoms with van der Waals surface area (Å²) in [5.74, 6) is 1.16. The minimum absolute atomic E-state index is 0.235. The Morgan fingerprint density at radius 3 is 2.59 bits per heavy atom. The van der Waals surface area contributed by atoms with Crippen LogP contribution in [0.25, 0.3) is 0 Å². The van der Waals surface area contributed by atoms with Gasteiger partial charge in [0.15, 0.2) is 0 Å². The number of alkyl halides is 1. The first kappa shape index (κ1) is 14.7. The van der Waals surface area contributed by atoms with Crippen molar-refractivity contribution in [2.75, 3.05) is 51.7 Å². The number of amides is 1. The number of likely N-dealkylation sites (tertiary alicyclic amines) is 1. The highest BCUT2D eigenvalue weighted by molar-refractivity contribution is 6.18. The lowest BCUT2D eigenvalue weighted by Gasteiger charge is -2.16. The number of carbonyl (C=O) groups is 1.